The van der Waals surface area contributed by atoms with Crippen LogP contribution in [0.5, 0.6) is 0 Å². The third-order valence-corrected chi connectivity index (χ3v) is 3.24. The van der Waals surface area contributed by atoms with Gasteiger partial charge in [-0.05, 0) is 0 Å². The largest absolute Gasteiger partial charge is 0.483 e. The molecule has 1 aliphatic heterocycles. The van der Waals surface area contributed by atoms with Crippen LogP contribution in [0.15, 0.2) is 11.1 Å². The van der Waals surface area contributed by atoms with Gasteiger partial charge in [0.25, 0.3) is 12.4 Å². The Morgan fingerprint density at radius 2 is 2.00 bits per heavy atom. The van der Waals surface area contributed by atoms with Gasteiger partial charge in [-0.1, -0.05) is 0 Å². The lowest BCUT2D eigenvalue weighted by Gasteiger charge is -2.33. The molecular weight excluding hydrogens is 308 g/mol. The van der Waals surface area contributed by atoms with E-state index >= 15 is 0 Å². The van der Waals surface area contributed by atoms with E-state index in [9.17, 15) is 9.59 Å². The first-order valence-corrected chi connectivity index (χ1v) is 6.67. The second-order valence-electron chi connectivity index (χ2n) is 4.60. The number of aryl methyl sites for hydroxylation is 1. The summed E-state index contributed by atoms with van der Waals surface area (Å²) in [5.41, 5.74) is -0.395. The van der Waals surface area contributed by atoms with E-state index < -0.39 is 5.69 Å². The SMILES string of the molecule is Cn1nc(C(=O)N2CCN(c3ncn[nH]3)CC2)[nH]c1=O.O=CO. The highest BCUT2D eigenvalue weighted by Crippen LogP contribution is 2.10. The molecule has 124 valence electrons. The number of aromatic nitrogens is 6. The summed E-state index contributed by atoms with van der Waals surface area (Å²) in [5.74, 6) is 0.508. The summed E-state index contributed by atoms with van der Waals surface area (Å²) in [6.07, 6.45) is 1.45. The normalized spacial score (nSPS) is 14.1. The third kappa shape index (κ3) is 3.72. The molecule has 0 spiro atoms. The number of anilines is 1. The Bertz CT molecular complexity index is 698. The van der Waals surface area contributed by atoms with Crippen molar-refractivity contribution in [3.63, 3.8) is 0 Å². The summed E-state index contributed by atoms with van der Waals surface area (Å²) >= 11 is 0. The highest BCUT2D eigenvalue weighted by Gasteiger charge is 2.25. The third-order valence-electron chi connectivity index (χ3n) is 3.24. The fraction of sp³-hybridized carbons (Fsp3) is 0.455. The predicted octanol–water partition coefficient (Wildman–Crippen LogP) is -2.11. The number of H-pyrrole nitrogens is 2. The first-order valence-electron chi connectivity index (χ1n) is 6.67. The zero-order valence-corrected chi connectivity index (χ0v) is 12.3. The molecule has 2 aromatic heterocycles. The van der Waals surface area contributed by atoms with Crippen molar-refractivity contribution in [1.29, 1.82) is 0 Å². The molecule has 0 bridgehead atoms. The number of nitrogens with one attached hydrogen (secondary N) is 2. The molecule has 23 heavy (non-hydrogen) atoms. The van der Waals surface area contributed by atoms with Crippen molar-refractivity contribution in [2.24, 2.45) is 7.05 Å². The molecule has 0 aromatic carbocycles. The van der Waals surface area contributed by atoms with Gasteiger partial charge in [-0.2, -0.15) is 10.1 Å². The lowest BCUT2D eigenvalue weighted by molar-refractivity contribution is -0.122. The van der Waals surface area contributed by atoms with Crippen molar-refractivity contribution < 1.29 is 14.7 Å². The highest BCUT2D eigenvalue weighted by atomic mass is 16.3. The van der Waals surface area contributed by atoms with Crippen LogP contribution in [0.1, 0.15) is 10.6 Å². The molecule has 12 heteroatoms. The van der Waals surface area contributed by atoms with Crippen molar-refractivity contribution in [3.05, 3.63) is 22.6 Å². The van der Waals surface area contributed by atoms with E-state index in [0.717, 1.165) is 4.68 Å². The Morgan fingerprint density at radius 3 is 2.48 bits per heavy atom. The Morgan fingerprint density at radius 1 is 1.35 bits per heavy atom. The molecule has 1 saturated heterocycles. The minimum absolute atomic E-state index is 0.0746. The van der Waals surface area contributed by atoms with E-state index in [2.05, 4.69) is 25.3 Å². The number of carboxylic acid groups (broad SMARTS) is 1. The fourth-order valence-electron chi connectivity index (χ4n) is 2.12. The molecule has 0 unspecified atom stereocenters. The van der Waals surface area contributed by atoms with Crippen molar-refractivity contribution in [2.45, 2.75) is 0 Å². The number of hydrogen-bond donors (Lipinski definition) is 3. The van der Waals surface area contributed by atoms with Crippen LogP contribution in [0.3, 0.4) is 0 Å². The van der Waals surface area contributed by atoms with Gasteiger partial charge in [-0.3, -0.25) is 14.6 Å². The lowest BCUT2D eigenvalue weighted by atomic mass is 10.3. The monoisotopic (exact) mass is 324 g/mol. The van der Waals surface area contributed by atoms with Gasteiger partial charge in [0.2, 0.25) is 11.8 Å². The average Bonchev–Trinajstić information content (AvgIpc) is 3.19. The molecule has 12 nitrogen and oxygen atoms in total. The van der Waals surface area contributed by atoms with Gasteiger partial charge in [0.1, 0.15) is 6.33 Å². The fourth-order valence-corrected chi connectivity index (χ4v) is 2.12. The molecular formula is C11H16N8O4. The molecule has 1 fully saturated rings. The van der Waals surface area contributed by atoms with E-state index in [1.807, 2.05) is 4.90 Å². The van der Waals surface area contributed by atoms with Crippen LogP contribution in [-0.2, 0) is 11.8 Å². The maximum atomic E-state index is 12.2. The summed E-state index contributed by atoms with van der Waals surface area (Å²) in [4.78, 5) is 42.0. The lowest BCUT2D eigenvalue weighted by Crippen LogP contribution is -2.49. The minimum atomic E-state index is -0.395. The number of piperazine rings is 1. The van der Waals surface area contributed by atoms with Gasteiger partial charge in [0.05, 0.1) is 0 Å². The van der Waals surface area contributed by atoms with Crippen LogP contribution in [0, 0.1) is 0 Å². The first-order chi connectivity index (χ1) is 11.1. The van der Waals surface area contributed by atoms with E-state index in [1.54, 1.807) is 4.90 Å². The second-order valence-corrected chi connectivity index (χ2v) is 4.60. The highest BCUT2D eigenvalue weighted by molar-refractivity contribution is 5.90. The van der Waals surface area contributed by atoms with Gasteiger partial charge in [-0.15, -0.1) is 5.10 Å². The van der Waals surface area contributed by atoms with Crippen LogP contribution in [-0.4, -0.2) is 78.5 Å². The number of hydrogen-bond acceptors (Lipinski definition) is 7. The van der Waals surface area contributed by atoms with E-state index in [4.69, 9.17) is 9.90 Å². The molecule has 2 aromatic rings. The van der Waals surface area contributed by atoms with E-state index in [-0.39, 0.29) is 18.2 Å². The number of amides is 1. The Balaban J connectivity index is 0.000000595. The van der Waals surface area contributed by atoms with Gasteiger partial charge in [-0.25, -0.2) is 14.6 Å². The Labute approximate surface area is 129 Å². The number of rotatable bonds is 2. The number of carbonyl (C=O) groups excluding carboxylic acids is 1. The zero-order valence-electron chi connectivity index (χ0n) is 12.3. The summed E-state index contributed by atoms with van der Waals surface area (Å²) in [7, 11) is 1.50. The van der Waals surface area contributed by atoms with Crippen LogP contribution in [0.25, 0.3) is 0 Å². The zero-order chi connectivity index (χ0) is 16.8. The van der Waals surface area contributed by atoms with Gasteiger partial charge in [0.15, 0.2) is 0 Å². The van der Waals surface area contributed by atoms with Crippen LogP contribution < -0.4 is 10.6 Å². The van der Waals surface area contributed by atoms with Crippen molar-refractivity contribution in [2.75, 3.05) is 31.1 Å². The number of aromatic amines is 2. The summed E-state index contributed by atoms with van der Waals surface area (Å²) in [6, 6.07) is 0. The Hall–Kier alpha value is -3.18. The topological polar surface area (TPSA) is 153 Å². The summed E-state index contributed by atoms with van der Waals surface area (Å²) in [5, 5.41) is 17.4. The van der Waals surface area contributed by atoms with Gasteiger partial charge < -0.3 is 14.9 Å². The Kier molecular flexibility index (Phi) is 5.07. The molecule has 0 atom stereocenters. The maximum absolute atomic E-state index is 12.2. The van der Waals surface area contributed by atoms with Crippen LogP contribution >= 0.6 is 0 Å². The molecule has 1 amide bonds. The standard InChI is InChI=1S/C10H14N8O2.CH2O2/c1-16-10(20)13-7(15-16)8(19)17-2-4-18(5-3-17)9-11-6-12-14-9;2-1-3/h6H,2-5H2,1H3,(H,11,12,14)(H,13,15,20);1H,(H,2,3). The summed E-state index contributed by atoms with van der Waals surface area (Å²) < 4.78 is 1.11. The summed E-state index contributed by atoms with van der Waals surface area (Å²) in [6.45, 7) is 2.13. The molecule has 3 heterocycles. The van der Waals surface area contributed by atoms with Crippen molar-refractivity contribution >= 4 is 18.3 Å². The molecule has 0 radical (unpaired) electrons. The molecule has 0 saturated carbocycles. The van der Waals surface area contributed by atoms with Gasteiger partial charge in [0, 0.05) is 33.2 Å². The average molecular weight is 324 g/mol. The smallest absolute Gasteiger partial charge is 0.343 e. The predicted molar refractivity (Wildman–Crippen MR) is 77.0 cm³/mol. The van der Waals surface area contributed by atoms with Crippen LogP contribution in [0.4, 0.5) is 5.95 Å². The van der Waals surface area contributed by atoms with Crippen molar-refractivity contribution in [3.8, 4) is 0 Å². The number of carbonyl (C=O) groups is 2. The molecule has 1 aliphatic rings. The molecule has 3 rings (SSSR count). The molecule has 0 aliphatic carbocycles. The van der Waals surface area contributed by atoms with Crippen molar-refractivity contribution in [1.82, 2.24) is 34.8 Å². The quantitative estimate of drug-likeness (QED) is 0.530. The van der Waals surface area contributed by atoms with E-state index in [0.29, 0.717) is 32.1 Å². The maximum Gasteiger partial charge on any atom is 0.343 e. The first kappa shape index (κ1) is 16.2. The van der Waals surface area contributed by atoms with Gasteiger partial charge >= 0.3 is 5.69 Å². The van der Waals surface area contributed by atoms with Crippen LogP contribution in [0.2, 0.25) is 0 Å². The second kappa shape index (κ2) is 7.20. The van der Waals surface area contributed by atoms with E-state index in [1.165, 1.54) is 13.4 Å². The number of nitrogens with zero attached hydrogens (tertiary/aromatic N) is 6. The molecule has 3 N–H and O–H groups in total. The minimum Gasteiger partial charge on any atom is -0.483 e.